The minimum atomic E-state index is -0.824. The molecule has 4 rings (SSSR count). The van der Waals surface area contributed by atoms with Gasteiger partial charge in [-0.25, -0.2) is 4.79 Å². The van der Waals surface area contributed by atoms with Gasteiger partial charge in [0.25, 0.3) is 0 Å². The van der Waals surface area contributed by atoms with Gasteiger partial charge in [0, 0.05) is 11.5 Å². The molecule has 0 radical (unpaired) electrons. The fraction of sp³-hybridized carbons (Fsp3) is 0.731. The minimum Gasteiger partial charge on any atom is -0.478 e. The summed E-state index contributed by atoms with van der Waals surface area (Å²) in [6, 6.07) is 0. The lowest BCUT2D eigenvalue weighted by atomic mass is 9.48. The number of hydrogen-bond donors (Lipinski definition) is 2. The fourth-order valence-corrected chi connectivity index (χ4v) is 7.41. The first-order valence-electron chi connectivity index (χ1n) is 11.9. The molecule has 1 amide bonds. The van der Waals surface area contributed by atoms with Gasteiger partial charge in [0.2, 0.25) is 5.91 Å². The van der Waals surface area contributed by atoms with Crippen molar-refractivity contribution in [2.45, 2.75) is 85.1 Å². The van der Waals surface area contributed by atoms with Crippen LogP contribution in [-0.2, 0) is 14.4 Å². The molecular weight excluding hydrogens is 390 g/mol. The van der Waals surface area contributed by atoms with E-state index in [1.807, 2.05) is 6.08 Å². The Labute approximate surface area is 185 Å². The van der Waals surface area contributed by atoms with Crippen LogP contribution in [0.2, 0.25) is 0 Å². The third-order valence-corrected chi connectivity index (χ3v) is 9.68. The number of carbonyl (C=O) groups is 3. The van der Waals surface area contributed by atoms with Gasteiger partial charge in [-0.15, -0.1) is 0 Å². The molecule has 2 saturated carbocycles. The maximum atomic E-state index is 13.2. The van der Waals surface area contributed by atoms with Gasteiger partial charge in [0.15, 0.2) is 5.78 Å². The van der Waals surface area contributed by atoms with Crippen molar-refractivity contribution < 1.29 is 19.5 Å². The Balaban J connectivity index is 1.58. The van der Waals surface area contributed by atoms with Gasteiger partial charge in [-0.05, 0) is 106 Å². The van der Waals surface area contributed by atoms with Crippen molar-refractivity contribution in [3.8, 4) is 0 Å². The Morgan fingerprint density at radius 1 is 1.10 bits per heavy atom. The summed E-state index contributed by atoms with van der Waals surface area (Å²) >= 11 is 0. The van der Waals surface area contributed by atoms with Crippen molar-refractivity contribution >= 4 is 17.7 Å². The van der Waals surface area contributed by atoms with Crippen LogP contribution in [0.25, 0.3) is 0 Å². The van der Waals surface area contributed by atoms with Gasteiger partial charge >= 0.3 is 5.97 Å². The second kappa shape index (κ2) is 7.31. The number of allylic oxidation sites excluding steroid dienone is 3. The van der Waals surface area contributed by atoms with E-state index in [1.54, 1.807) is 13.8 Å². The number of hydrogen-bond acceptors (Lipinski definition) is 3. The molecule has 4 aliphatic carbocycles. The zero-order valence-corrected chi connectivity index (χ0v) is 19.6. The van der Waals surface area contributed by atoms with Crippen molar-refractivity contribution in [3.05, 3.63) is 23.3 Å². The van der Waals surface area contributed by atoms with Crippen molar-refractivity contribution in [3.63, 3.8) is 0 Å². The van der Waals surface area contributed by atoms with Gasteiger partial charge in [-0.1, -0.05) is 19.9 Å². The smallest absolute Gasteiger partial charge is 0.331 e. The number of carboxylic acids is 1. The molecule has 1 unspecified atom stereocenters. The molecule has 0 aromatic carbocycles. The summed E-state index contributed by atoms with van der Waals surface area (Å²) in [6.07, 6.45) is 10.8. The molecule has 4 aliphatic rings. The summed E-state index contributed by atoms with van der Waals surface area (Å²) in [5.74, 6) is 0.779. The number of ketones is 1. The number of Topliss-reactive ketones (excluding diaryl/α,β-unsaturated/α-hetero) is 1. The summed E-state index contributed by atoms with van der Waals surface area (Å²) in [4.78, 5) is 36.7. The lowest BCUT2D eigenvalue weighted by Gasteiger charge is -2.57. The molecule has 0 aromatic heterocycles. The Hall–Kier alpha value is -1.91. The largest absolute Gasteiger partial charge is 0.478 e. The Kier molecular flexibility index (Phi) is 5.26. The van der Waals surface area contributed by atoms with Gasteiger partial charge in [0.1, 0.15) is 0 Å². The molecule has 170 valence electrons. The second-order valence-corrected chi connectivity index (χ2v) is 11.5. The van der Waals surface area contributed by atoms with Crippen molar-refractivity contribution in [1.82, 2.24) is 5.32 Å². The number of carbonyl (C=O) groups excluding carboxylic acids is 2. The third-order valence-electron chi connectivity index (χ3n) is 9.68. The molecule has 5 nitrogen and oxygen atoms in total. The van der Waals surface area contributed by atoms with Crippen LogP contribution in [0, 0.1) is 34.5 Å². The summed E-state index contributed by atoms with van der Waals surface area (Å²) in [6.45, 7) is 9.74. The Bertz CT molecular complexity index is 884. The molecule has 0 spiro atoms. The number of rotatable bonds is 4. The van der Waals surface area contributed by atoms with Gasteiger partial charge in [-0.3, -0.25) is 9.59 Å². The normalized spacial score (nSPS) is 39.4. The van der Waals surface area contributed by atoms with Crippen molar-refractivity contribution in [2.24, 2.45) is 34.5 Å². The van der Waals surface area contributed by atoms with Crippen LogP contribution >= 0.6 is 0 Å². The van der Waals surface area contributed by atoms with Crippen LogP contribution in [0.15, 0.2) is 23.3 Å². The van der Waals surface area contributed by atoms with E-state index in [4.69, 9.17) is 0 Å². The van der Waals surface area contributed by atoms with Crippen molar-refractivity contribution in [1.29, 1.82) is 0 Å². The SMILES string of the molecule is CC(=O)C(C)(C)NC(=O)C1CC[C@H]2[C@@H]3CC=C4C=C(C(=O)O)CC[C@]4(C)[C@H]3CC[C@]12C. The number of carboxylic acid groups (broad SMARTS) is 1. The molecule has 0 heterocycles. The molecule has 0 bridgehead atoms. The molecule has 2 N–H and O–H groups in total. The first-order chi connectivity index (χ1) is 14.4. The van der Waals surface area contributed by atoms with E-state index in [0.29, 0.717) is 29.7 Å². The Morgan fingerprint density at radius 2 is 1.81 bits per heavy atom. The maximum absolute atomic E-state index is 13.2. The Morgan fingerprint density at radius 3 is 2.45 bits per heavy atom. The molecule has 0 saturated heterocycles. The quantitative estimate of drug-likeness (QED) is 0.683. The molecule has 31 heavy (non-hydrogen) atoms. The van der Waals surface area contributed by atoms with Crippen LogP contribution in [-0.4, -0.2) is 28.3 Å². The molecule has 0 aromatic rings. The van der Waals surface area contributed by atoms with Gasteiger partial charge < -0.3 is 10.4 Å². The summed E-state index contributed by atoms with van der Waals surface area (Å²) < 4.78 is 0. The fourth-order valence-electron chi connectivity index (χ4n) is 7.41. The van der Waals surface area contributed by atoms with E-state index in [-0.39, 0.29) is 28.4 Å². The van der Waals surface area contributed by atoms with E-state index in [1.165, 1.54) is 12.5 Å². The molecule has 5 heteroatoms. The first-order valence-corrected chi connectivity index (χ1v) is 11.9. The summed E-state index contributed by atoms with van der Waals surface area (Å²) in [7, 11) is 0. The monoisotopic (exact) mass is 427 g/mol. The molecule has 2 fully saturated rings. The third kappa shape index (κ3) is 3.39. The lowest BCUT2D eigenvalue weighted by Crippen LogP contribution is -2.54. The van der Waals surface area contributed by atoms with Crippen LogP contribution in [0.4, 0.5) is 0 Å². The first kappa shape index (κ1) is 22.3. The minimum absolute atomic E-state index is 0.0202. The van der Waals surface area contributed by atoms with E-state index in [2.05, 4.69) is 25.2 Å². The summed E-state index contributed by atoms with van der Waals surface area (Å²) in [5, 5.41) is 12.5. The highest BCUT2D eigenvalue weighted by atomic mass is 16.4. The van der Waals surface area contributed by atoms with Crippen LogP contribution < -0.4 is 5.32 Å². The van der Waals surface area contributed by atoms with Gasteiger partial charge in [0.05, 0.1) is 5.54 Å². The van der Waals surface area contributed by atoms with Gasteiger partial charge in [-0.2, -0.15) is 0 Å². The lowest BCUT2D eigenvalue weighted by molar-refractivity contribution is -0.137. The van der Waals surface area contributed by atoms with E-state index >= 15 is 0 Å². The number of fused-ring (bicyclic) bond motifs is 5. The predicted octanol–water partition coefficient (Wildman–Crippen LogP) is 4.67. The van der Waals surface area contributed by atoms with E-state index in [9.17, 15) is 19.5 Å². The highest BCUT2D eigenvalue weighted by Crippen LogP contribution is 2.66. The number of aliphatic carboxylic acids is 1. The number of nitrogens with one attached hydrogen (secondary N) is 1. The molecule has 6 atom stereocenters. The average molecular weight is 428 g/mol. The summed E-state index contributed by atoms with van der Waals surface area (Å²) in [5.41, 5.74) is 0.941. The van der Waals surface area contributed by atoms with Crippen LogP contribution in [0.3, 0.4) is 0 Å². The van der Waals surface area contributed by atoms with E-state index < -0.39 is 11.5 Å². The van der Waals surface area contributed by atoms with Crippen molar-refractivity contribution in [2.75, 3.05) is 0 Å². The second-order valence-electron chi connectivity index (χ2n) is 11.5. The average Bonchev–Trinajstić information content (AvgIpc) is 3.04. The highest BCUT2D eigenvalue weighted by molar-refractivity contribution is 5.91. The standard InChI is InChI=1S/C26H37NO4/c1-15(28)24(2,3)27-22(29)21-9-8-19-18-7-6-17-14-16(23(30)31)10-12-25(17,4)20(18)11-13-26(19,21)5/h6,14,18-21H,7-13H2,1-5H3,(H,27,29)(H,30,31)/t18-,19-,20-,21?,25-,26-/m0/s1. The molecule has 0 aliphatic heterocycles. The van der Waals surface area contributed by atoms with E-state index in [0.717, 1.165) is 38.5 Å². The molecular formula is C26H37NO4. The predicted molar refractivity (Wildman–Crippen MR) is 119 cm³/mol. The zero-order chi connectivity index (χ0) is 22.8. The maximum Gasteiger partial charge on any atom is 0.331 e. The van der Waals surface area contributed by atoms with Crippen LogP contribution in [0.5, 0.6) is 0 Å². The number of amides is 1. The highest BCUT2D eigenvalue weighted by Gasteiger charge is 2.59. The zero-order valence-electron chi connectivity index (χ0n) is 19.6. The van der Waals surface area contributed by atoms with Crippen LogP contribution in [0.1, 0.15) is 79.6 Å². The topological polar surface area (TPSA) is 83.5 Å².